The molecule has 2 aliphatic rings. The summed E-state index contributed by atoms with van der Waals surface area (Å²) in [5, 5.41) is -0.531. The molecule has 1 aliphatic heterocycles. The van der Waals surface area contributed by atoms with Gasteiger partial charge in [-0.3, -0.25) is 4.79 Å². The van der Waals surface area contributed by atoms with E-state index >= 15 is 0 Å². The second kappa shape index (κ2) is 6.80. The molecule has 2 fully saturated rings. The van der Waals surface area contributed by atoms with Crippen molar-refractivity contribution < 1.29 is 17.9 Å². The highest BCUT2D eigenvalue weighted by atomic mass is 32.2. The number of fused-ring (bicyclic) bond motifs is 1. The number of amidine groups is 1. The second-order valence-corrected chi connectivity index (χ2v) is 8.06. The summed E-state index contributed by atoms with van der Waals surface area (Å²) < 4.78 is 33.0. The molecule has 1 saturated heterocycles. The Balaban J connectivity index is 1.88. The highest BCUT2D eigenvalue weighted by Gasteiger charge is 2.42. The van der Waals surface area contributed by atoms with Gasteiger partial charge in [0.2, 0.25) is 15.9 Å². The zero-order valence-electron chi connectivity index (χ0n) is 13.2. The van der Waals surface area contributed by atoms with Gasteiger partial charge in [-0.15, -0.1) is 0 Å². The predicted octanol–water partition coefficient (Wildman–Crippen LogP) is 1.22. The zero-order valence-corrected chi connectivity index (χ0v) is 14.0. The zero-order chi connectivity index (χ0) is 17.2. The van der Waals surface area contributed by atoms with Crippen molar-refractivity contribution in [1.82, 2.24) is 4.72 Å². The van der Waals surface area contributed by atoms with Crippen molar-refractivity contribution in [3.8, 4) is 0 Å². The van der Waals surface area contributed by atoms with Crippen LogP contribution >= 0.6 is 0 Å². The van der Waals surface area contributed by atoms with E-state index in [9.17, 15) is 13.2 Å². The number of aliphatic imine (C=N–C) groups is 1. The fourth-order valence-corrected chi connectivity index (χ4v) is 4.78. The Morgan fingerprint density at radius 1 is 1.29 bits per heavy atom. The van der Waals surface area contributed by atoms with E-state index in [0.29, 0.717) is 12.8 Å². The first kappa shape index (κ1) is 16.8. The fraction of sp³-hybridized carbons (Fsp3) is 0.500. The van der Waals surface area contributed by atoms with Gasteiger partial charge in [0.15, 0.2) is 0 Å². The number of carbonyl (C=O) groups excluding carboxylic acids is 1. The SMILES string of the molecule is NC(=O)C[C@H](N=C1NS(=O)(=O)C2CCCCC2O1)c1ccccc1. The molecule has 8 heteroatoms. The molecule has 3 atom stereocenters. The van der Waals surface area contributed by atoms with E-state index in [0.717, 1.165) is 18.4 Å². The van der Waals surface area contributed by atoms with Crippen LogP contribution in [0.1, 0.15) is 43.7 Å². The Kier molecular flexibility index (Phi) is 4.75. The van der Waals surface area contributed by atoms with Gasteiger partial charge in [0.05, 0.1) is 12.5 Å². The number of amides is 1. The smallest absolute Gasteiger partial charge is 0.299 e. The summed E-state index contributed by atoms with van der Waals surface area (Å²) in [5.74, 6) is -0.512. The Morgan fingerprint density at radius 3 is 2.71 bits per heavy atom. The maximum Gasteiger partial charge on any atom is 0.299 e. The molecule has 1 aromatic carbocycles. The number of primary amides is 1. The lowest BCUT2D eigenvalue weighted by atomic mass is 9.97. The number of sulfonamides is 1. The van der Waals surface area contributed by atoms with Gasteiger partial charge < -0.3 is 10.5 Å². The van der Waals surface area contributed by atoms with Crippen molar-refractivity contribution in [2.75, 3.05) is 0 Å². The molecule has 1 saturated carbocycles. The van der Waals surface area contributed by atoms with Crippen molar-refractivity contribution in [1.29, 1.82) is 0 Å². The van der Waals surface area contributed by atoms with Crippen LogP contribution in [-0.2, 0) is 19.6 Å². The molecule has 0 aromatic heterocycles. The number of hydrogen-bond acceptors (Lipinski definition) is 5. The van der Waals surface area contributed by atoms with Gasteiger partial charge in [-0.2, -0.15) is 0 Å². The first-order chi connectivity index (χ1) is 11.5. The van der Waals surface area contributed by atoms with E-state index in [4.69, 9.17) is 10.5 Å². The number of nitrogens with two attached hydrogens (primary N) is 1. The van der Waals surface area contributed by atoms with Crippen molar-refractivity contribution >= 4 is 22.0 Å². The minimum Gasteiger partial charge on any atom is -0.460 e. The van der Waals surface area contributed by atoms with Crippen molar-refractivity contribution in [2.45, 2.75) is 49.5 Å². The van der Waals surface area contributed by atoms with Gasteiger partial charge in [0.25, 0.3) is 6.02 Å². The number of carbonyl (C=O) groups is 1. The van der Waals surface area contributed by atoms with Crippen molar-refractivity contribution in [3.05, 3.63) is 35.9 Å². The molecule has 1 amide bonds. The Bertz CT molecular complexity index is 733. The molecule has 1 heterocycles. The van der Waals surface area contributed by atoms with Gasteiger partial charge in [0.1, 0.15) is 11.4 Å². The predicted molar refractivity (Wildman–Crippen MR) is 89.6 cm³/mol. The largest absolute Gasteiger partial charge is 0.460 e. The lowest BCUT2D eigenvalue weighted by Gasteiger charge is -2.36. The van der Waals surface area contributed by atoms with Crippen LogP contribution in [0, 0.1) is 0 Å². The highest BCUT2D eigenvalue weighted by molar-refractivity contribution is 7.90. The topological polar surface area (TPSA) is 111 Å². The van der Waals surface area contributed by atoms with E-state index in [1.54, 1.807) is 0 Å². The van der Waals surface area contributed by atoms with Crippen LogP contribution in [0.15, 0.2) is 35.3 Å². The fourth-order valence-electron chi connectivity index (χ4n) is 3.22. The number of hydrogen-bond donors (Lipinski definition) is 2. The minimum atomic E-state index is -3.51. The summed E-state index contributed by atoms with van der Waals surface area (Å²) >= 11 is 0. The third-order valence-electron chi connectivity index (χ3n) is 4.39. The molecule has 3 rings (SSSR count). The molecule has 2 unspecified atom stereocenters. The number of nitrogens with one attached hydrogen (secondary N) is 1. The van der Waals surface area contributed by atoms with Crippen LogP contribution in [-0.4, -0.2) is 31.7 Å². The van der Waals surface area contributed by atoms with Gasteiger partial charge >= 0.3 is 0 Å². The highest BCUT2D eigenvalue weighted by Crippen LogP contribution is 2.30. The molecule has 24 heavy (non-hydrogen) atoms. The van der Waals surface area contributed by atoms with Crippen LogP contribution in [0.2, 0.25) is 0 Å². The third-order valence-corrected chi connectivity index (χ3v) is 6.18. The lowest BCUT2D eigenvalue weighted by Crippen LogP contribution is -2.54. The Morgan fingerprint density at radius 2 is 2.00 bits per heavy atom. The van der Waals surface area contributed by atoms with Gasteiger partial charge in [0, 0.05) is 0 Å². The molecule has 0 radical (unpaired) electrons. The lowest BCUT2D eigenvalue weighted by molar-refractivity contribution is -0.118. The molecule has 7 nitrogen and oxygen atoms in total. The summed E-state index contributed by atoms with van der Waals surface area (Å²) in [7, 11) is -3.51. The monoisotopic (exact) mass is 351 g/mol. The maximum absolute atomic E-state index is 12.4. The third kappa shape index (κ3) is 3.69. The van der Waals surface area contributed by atoms with Crippen LogP contribution in [0.5, 0.6) is 0 Å². The summed E-state index contributed by atoms with van der Waals surface area (Å²) in [6.07, 6.45) is 2.70. The van der Waals surface area contributed by atoms with Crippen LogP contribution < -0.4 is 10.5 Å². The molecule has 1 aromatic rings. The van der Waals surface area contributed by atoms with Crippen molar-refractivity contribution in [3.63, 3.8) is 0 Å². The number of benzene rings is 1. The second-order valence-electron chi connectivity index (χ2n) is 6.16. The molecule has 0 spiro atoms. The van der Waals surface area contributed by atoms with Gasteiger partial charge in [-0.05, 0) is 24.8 Å². The Hall–Kier alpha value is -2.09. The molecular weight excluding hydrogens is 330 g/mol. The molecule has 1 aliphatic carbocycles. The summed E-state index contributed by atoms with van der Waals surface area (Å²) in [5.41, 5.74) is 6.08. The first-order valence-electron chi connectivity index (χ1n) is 8.05. The Labute approximate surface area is 141 Å². The molecular formula is C16H21N3O4S. The average molecular weight is 351 g/mol. The van der Waals surface area contributed by atoms with Crippen LogP contribution in [0.25, 0.3) is 0 Å². The summed E-state index contributed by atoms with van der Waals surface area (Å²) in [4.78, 5) is 15.7. The van der Waals surface area contributed by atoms with Crippen LogP contribution in [0.3, 0.4) is 0 Å². The van der Waals surface area contributed by atoms with E-state index < -0.39 is 27.2 Å². The molecule has 130 valence electrons. The molecule has 3 N–H and O–H groups in total. The summed E-state index contributed by atoms with van der Waals surface area (Å²) in [6, 6.07) is 8.51. The maximum atomic E-state index is 12.4. The normalized spacial score (nSPS) is 28.2. The molecule has 0 bridgehead atoms. The van der Waals surface area contributed by atoms with Gasteiger partial charge in [-0.25, -0.2) is 18.1 Å². The number of ether oxygens (including phenoxy) is 1. The first-order valence-corrected chi connectivity index (χ1v) is 9.59. The van der Waals surface area contributed by atoms with Crippen LogP contribution in [0.4, 0.5) is 0 Å². The van der Waals surface area contributed by atoms with E-state index in [1.807, 2.05) is 30.3 Å². The standard InChI is InChI=1S/C16H21N3O4S/c17-15(20)10-12(11-6-2-1-3-7-11)18-16-19-24(21,22)14-9-5-4-8-13(14)23-16/h1-3,6-7,12-14H,4-5,8-10H2,(H2,17,20)(H,18,19)/t12-,13?,14?/m0/s1. The average Bonchev–Trinajstić information content (AvgIpc) is 2.54. The van der Waals surface area contributed by atoms with Gasteiger partial charge in [-0.1, -0.05) is 36.8 Å². The number of nitrogens with zero attached hydrogens (tertiary/aromatic N) is 1. The summed E-state index contributed by atoms with van der Waals surface area (Å²) in [6.45, 7) is 0. The van der Waals surface area contributed by atoms with E-state index in [1.165, 1.54) is 0 Å². The van der Waals surface area contributed by atoms with E-state index in [-0.39, 0.29) is 18.5 Å². The quantitative estimate of drug-likeness (QED) is 0.849. The minimum absolute atomic E-state index is 0.0211. The number of rotatable bonds is 4. The van der Waals surface area contributed by atoms with E-state index in [2.05, 4.69) is 9.71 Å². The van der Waals surface area contributed by atoms with Crippen molar-refractivity contribution in [2.24, 2.45) is 10.7 Å².